The van der Waals surface area contributed by atoms with E-state index in [1.54, 1.807) is 24.3 Å². The highest BCUT2D eigenvalue weighted by atomic mass is 16.7. The minimum Gasteiger partial charge on any atom is -0.454 e. The first-order valence-electron chi connectivity index (χ1n) is 9.05. The largest absolute Gasteiger partial charge is 0.454 e. The minimum atomic E-state index is -0.330. The molecule has 3 heterocycles. The van der Waals surface area contributed by atoms with Crippen LogP contribution in [0.1, 0.15) is 40.5 Å². The third-order valence-electron chi connectivity index (χ3n) is 4.95. The first-order valence-corrected chi connectivity index (χ1v) is 9.05. The smallest absolute Gasteiger partial charge is 0.257 e. The van der Waals surface area contributed by atoms with Crippen LogP contribution in [0.2, 0.25) is 0 Å². The van der Waals surface area contributed by atoms with Crippen molar-refractivity contribution in [3.05, 3.63) is 47.8 Å². The molecular weight excluding hydrogens is 346 g/mol. The van der Waals surface area contributed by atoms with E-state index in [2.05, 4.69) is 17.2 Å². The molecule has 4 rings (SSSR count). The molecule has 7 heteroatoms. The van der Waals surface area contributed by atoms with Crippen molar-refractivity contribution in [3.63, 3.8) is 0 Å². The average Bonchev–Trinajstić information content (AvgIpc) is 3.16. The molecule has 1 N–H and O–H groups in total. The van der Waals surface area contributed by atoms with Gasteiger partial charge in [-0.05, 0) is 37.0 Å². The molecule has 0 bridgehead atoms. The number of aromatic nitrogens is 1. The summed E-state index contributed by atoms with van der Waals surface area (Å²) in [5, 5.41) is 2.80. The van der Waals surface area contributed by atoms with Crippen LogP contribution in [0.15, 0.2) is 36.7 Å². The molecule has 2 amide bonds. The van der Waals surface area contributed by atoms with Crippen molar-refractivity contribution >= 4 is 17.5 Å². The Balaban J connectivity index is 1.47. The third-order valence-corrected chi connectivity index (χ3v) is 4.95. The summed E-state index contributed by atoms with van der Waals surface area (Å²) in [6.07, 6.45) is 4.97. The van der Waals surface area contributed by atoms with Crippen LogP contribution >= 0.6 is 0 Å². The number of amides is 2. The van der Waals surface area contributed by atoms with Crippen molar-refractivity contribution < 1.29 is 19.1 Å². The summed E-state index contributed by atoms with van der Waals surface area (Å²) in [7, 11) is 0. The van der Waals surface area contributed by atoms with Gasteiger partial charge in [0.1, 0.15) is 0 Å². The van der Waals surface area contributed by atoms with Crippen LogP contribution in [0.3, 0.4) is 0 Å². The number of likely N-dealkylation sites (tertiary alicyclic amines) is 1. The Morgan fingerprint density at radius 2 is 1.81 bits per heavy atom. The summed E-state index contributed by atoms with van der Waals surface area (Å²) in [4.78, 5) is 31.2. The molecule has 1 aromatic heterocycles. The maximum Gasteiger partial charge on any atom is 0.257 e. The number of hydrogen-bond acceptors (Lipinski definition) is 5. The zero-order valence-electron chi connectivity index (χ0n) is 15.1. The standard InChI is InChI=1S/C20H21N3O4/c1-13-4-6-23(7-5-13)20(25)15-8-14(10-21-11-15)19(24)22-16-2-3-17-18(9-16)27-12-26-17/h2-3,8-11,13H,4-7,12H2,1H3,(H,22,24). The zero-order chi connectivity index (χ0) is 18.8. The molecule has 2 aliphatic rings. The minimum absolute atomic E-state index is 0.0767. The molecular formula is C20H21N3O4. The van der Waals surface area contributed by atoms with E-state index in [9.17, 15) is 9.59 Å². The van der Waals surface area contributed by atoms with Crippen molar-refractivity contribution in [2.75, 3.05) is 25.2 Å². The second-order valence-corrected chi connectivity index (χ2v) is 6.96. The Morgan fingerprint density at radius 1 is 1.07 bits per heavy atom. The molecule has 27 heavy (non-hydrogen) atoms. The molecule has 2 aromatic rings. The monoisotopic (exact) mass is 367 g/mol. The molecule has 1 fully saturated rings. The Kier molecular flexibility index (Phi) is 4.66. The van der Waals surface area contributed by atoms with Gasteiger partial charge in [0.15, 0.2) is 11.5 Å². The lowest BCUT2D eigenvalue weighted by Crippen LogP contribution is -2.38. The van der Waals surface area contributed by atoms with Gasteiger partial charge < -0.3 is 19.7 Å². The third kappa shape index (κ3) is 3.72. The Morgan fingerprint density at radius 3 is 2.63 bits per heavy atom. The van der Waals surface area contributed by atoms with Crippen LogP contribution in [0, 0.1) is 5.92 Å². The van der Waals surface area contributed by atoms with Crippen molar-refractivity contribution in [3.8, 4) is 11.5 Å². The molecule has 1 saturated heterocycles. The van der Waals surface area contributed by atoms with E-state index in [4.69, 9.17) is 9.47 Å². The van der Waals surface area contributed by atoms with Gasteiger partial charge >= 0.3 is 0 Å². The summed E-state index contributed by atoms with van der Waals surface area (Å²) in [5.41, 5.74) is 1.36. The highest BCUT2D eigenvalue weighted by Gasteiger charge is 2.22. The van der Waals surface area contributed by atoms with Crippen LogP contribution < -0.4 is 14.8 Å². The number of rotatable bonds is 3. The summed E-state index contributed by atoms with van der Waals surface area (Å²) >= 11 is 0. The predicted octanol–water partition coefficient (Wildman–Crippen LogP) is 2.93. The van der Waals surface area contributed by atoms with E-state index in [0.717, 1.165) is 25.9 Å². The number of piperidine rings is 1. The maximum atomic E-state index is 12.7. The van der Waals surface area contributed by atoms with Crippen LogP contribution in [-0.4, -0.2) is 41.6 Å². The number of ether oxygens (including phenoxy) is 2. The van der Waals surface area contributed by atoms with Gasteiger partial charge in [0.05, 0.1) is 11.1 Å². The van der Waals surface area contributed by atoms with E-state index < -0.39 is 0 Å². The number of carbonyl (C=O) groups excluding carboxylic acids is 2. The van der Waals surface area contributed by atoms with Gasteiger partial charge in [-0.3, -0.25) is 14.6 Å². The van der Waals surface area contributed by atoms with Gasteiger partial charge in [-0.2, -0.15) is 0 Å². The molecule has 0 unspecified atom stereocenters. The number of nitrogens with zero attached hydrogens (tertiary/aromatic N) is 2. The van der Waals surface area contributed by atoms with Gasteiger partial charge in [0.2, 0.25) is 6.79 Å². The second kappa shape index (κ2) is 7.26. The van der Waals surface area contributed by atoms with Gasteiger partial charge in [-0.1, -0.05) is 6.92 Å². The van der Waals surface area contributed by atoms with Crippen LogP contribution in [0.25, 0.3) is 0 Å². The fourth-order valence-electron chi connectivity index (χ4n) is 3.25. The summed E-state index contributed by atoms with van der Waals surface area (Å²) in [6, 6.07) is 6.78. The van der Waals surface area contributed by atoms with Crippen molar-refractivity contribution in [1.82, 2.24) is 9.88 Å². The average molecular weight is 367 g/mol. The molecule has 0 saturated carbocycles. The summed E-state index contributed by atoms with van der Waals surface area (Å²) < 4.78 is 10.6. The number of anilines is 1. The molecule has 0 spiro atoms. The number of hydrogen-bond donors (Lipinski definition) is 1. The molecule has 2 aliphatic heterocycles. The first kappa shape index (κ1) is 17.3. The van der Waals surface area contributed by atoms with E-state index in [1.807, 2.05) is 4.90 Å². The van der Waals surface area contributed by atoms with E-state index in [1.165, 1.54) is 12.4 Å². The van der Waals surface area contributed by atoms with Crippen molar-refractivity contribution in [2.45, 2.75) is 19.8 Å². The van der Waals surface area contributed by atoms with Crippen LogP contribution in [0.4, 0.5) is 5.69 Å². The molecule has 0 radical (unpaired) electrons. The van der Waals surface area contributed by atoms with Gasteiger partial charge in [-0.15, -0.1) is 0 Å². The highest BCUT2D eigenvalue weighted by molar-refractivity contribution is 6.06. The van der Waals surface area contributed by atoms with Gasteiger partial charge in [-0.25, -0.2) is 0 Å². The van der Waals surface area contributed by atoms with Crippen molar-refractivity contribution in [2.24, 2.45) is 5.92 Å². The van der Waals surface area contributed by atoms with E-state index in [0.29, 0.717) is 34.2 Å². The number of pyridine rings is 1. The second-order valence-electron chi connectivity index (χ2n) is 6.96. The molecule has 140 valence electrons. The Bertz CT molecular complexity index is 875. The van der Waals surface area contributed by atoms with Gasteiger partial charge in [0, 0.05) is 37.2 Å². The zero-order valence-corrected chi connectivity index (χ0v) is 15.1. The fraction of sp³-hybridized carbons (Fsp3) is 0.350. The lowest BCUT2D eigenvalue weighted by Gasteiger charge is -2.30. The SMILES string of the molecule is CC1CCN(C(=O)c2cncc(C(=O)Nc3ccc4c(c3)OCO4)c2)CC1. The quantitative estimate of drug-likeness (QED) is 0.902. The normalized spacial score (nSPS) is 16.3. The highest BCUT2D eigenvalue weighted by Crippen LogP contribution is 2.34. The number of nitrogens with one attached hydrogen (secondary N) is 1. The fourth-order valence-corrected chi connectivity index (χ4v) is 3.25. The lowest BCUT2D eigenvalue weighted by molar-refractivity contribution is 0.0697. The molecule has 0 atom stereocenters. The number of benzene rings is 1. The molecule has 7 nitrogen and oxygen atoms in total. The van der Waals surface area contributed by atoms with E-state index in [-0.39, 0.29) is 18.6 Å². The maximum absolute atomic E-state index is 12.7. The number of fused-ring (bicyclic) bond motifs is 1. The Hall–Kier alpha value is -3.09. The van der Waals surface area contributed by atoms with Crippen LogP contribution in [0.5, 0.6) is 11.5 Å². The topological polar surface area (TPSA) is 80.8 Å². The van der Waals surface area contributed by atoms with Gasteiger partial charge in [0.25, 0.3) is 11.8 Å². The number of carbonyl (C=O) groups is 2. The molecule has 1 aromatic carbocycles. The van der Waals surface area contributed by atoms with E-state index >= 15 is 0 Å². The lowest BCUT2D eigenvalue weighted by atomic mass is 9.98. The molecule has 0 aliphatic carbocycles. The summed E-state index contributed by atoms with van der Waals surface area (Å²) in [6.45, 7) is 3.86. The van der Waals surface area contributed by atoms with Crippen LogP contribution in [-0.2, 0) is 0 Å². The van der Waals surface area contributed by atoms with Crippen molar-refractivity contribution in [1.29, 1.82) is 0 Å². The summed E-state index contributed by atoms with van der Waals surface area (Å²) in [5.74, 6) is 1.48. The first-order chi connectivity index (χ1) is 13.1. The predicted molar refractivity (Wildman–Crippen MR) is 99.1 cm³/mol. The Labute approximate surface area is 157 Å².